The number of hydrogen-bond acceptors (Lipinski definition) is 3. The first-order chi connectivity index (χ1) is 14.5. The van der Waals surface area contributed by atoms with Crippen LogP contribution in [0.4, 0.5) is 8.78 Å². The van der Waals surface area contributed by atoms with Crippen LogP contribution in [0.3, 0.4) is 0 Å². The van der Waals surface area contributed by atoms with E-state index in [0.717, 1.165) is 11.6 Å². The Labute approximate surface area is 173 Å². The van der Waals surface area contributed by atoms with Crippen molar-refractivity contribution in [2.75, 3.05) is 0 Å². The quantitative estimate of drug-likeness (QED) is 0.488. The van der Waals surface area contributed by atoms with Crippen LogP contribution in [-0.2, 0) is 0 Å². The smallest absolute Gasteiger partial charge is 0.342 e. The van der Waals surface area contributed by atoms with E-state index in [-0.39, 0.29) is 22.1 Å². The number of benzene rings is 3. The fourth-order valence-electron chi connectivity index (χ4n) is 3.73. The zero-order chi connectivity index (χ0) is 21.0. The molecule has 148 valence electrons. The van der Waals surface area contributed by atoms with Gasteiger partial charge in [-0.3, -0.25) is 4.79 Å². The Bertz CT molecular complexity index is 1380. The molecule has 3 aromatic carbocycles. The third-order valence-electron chi connectivity index (χ3n) is 5.16. The van der Waals surface area contributed by atoms with E-state index in [2.05, 4.69) is 0 Å². The number of hydrogen-bond donors (Lipinski definition) is 1. The molecular weight excluding hydrogens is 408 g/mol. The highest BCUT2D eigenvalue weighted by Gasteiger charge is 2.36. The van der Waals surface area contributed by atoms with Crippen molar-refractivity contribution in [3.63, 3.8) is 0 Å². The topological polar surface area (TPSA) is 59.3 Å². The minimum atomic E-state index is -1.36. The lowest BCUT2D eigenvalue weighted by molar-refractivity contribution is 0.0689. The van der Waals surface area contributed by atoms with Crippen LogP contribution in [0.2, 0.25) is 0 Å². The third kappa shape index (κ3) is 2.74. The first kappa shape index (κ1) is 18.6. The molecular formula is C23H13F2NO3S. The average Bonchev–Trinajstić information content (AvgIpc) is 2.72. The summed E-state index contributed by atoms with van der Waals surface area (Å²) in [4.78, 5) is 24.6. The fraction of sp³-hybridized carbons (Fsp3) is 0.0435. The molecule has 0 fully saturated rings. The Morgan fingerprint density at radius 3 is 2.37 bits per heavy atom. The molecule has 1 aromatic heterocycles. The van der Waals surface area contributed by atoms with Crippen molar-refractivity contribution < 1.29 is 18.7 Å². The summed E-state index contributed by atoms with van der Waals surface area (Å²) in [7, 11) is 0. The van der Waals surface area contributed by atoms with Crippen LogP contribution in [0.1, 0.15) is 21.3 Å². The van der Waals surface area contributed by atoms with Crippen LogP contribution in [0.15, 0.2) is 76.6 Å². The number of carboxylic acids is 1. The number of carboxylic acid groups (broad SMARTS) is 1. The number of thioether (sulfide) groups is 1. The minimum absolute atomic E-state index is 0.000688. The summed E-state index contributed by atoms with van der Waals surface area (Å²) in [6.07, 6.45) is 0. The Morgan fingerprint density at radius 1 is 1.00 bits per heavy atom. The van der Waals surface area contributed by atoms with E-state index in [4.69, 9.17) is 0 Å². The third-order valence-corrected chi connectivity index (χ3v) is 6.49. The van der Waals surface area contributed by atoms with E-state index in [1.165, 1.54) is 23.9 Å². The molecule has 7 heteroatoms. The number of fused-ring (bicyclic) bond motifs is 3. The summed E-state index contributed by atoms with van der Waals surface area (Å²) in [5, 5.41) is 9.54. The fourth-order valence-corrected chi connectivity index (χ4v) is 5.02. The van der Waals surface area contributed by atoms with E-state index in [0.29, 0.717) is 21.7 Å². The highest BCUT2D eigenvalue weighted by molar-refractivity contribution is 8.00. The van der Waals surface area contributed by atoms with Crippen molar-refractivity contribution in [3.05, 3.63) is 99.7 Å². The first-order valence-corrected chi connectivity index (χ1v) is 9.96. The molecule has 1 N–H and O–H groups in total. The van der Waals surface area contributed by atoms with Gasteiger partial charge in [-0.05, 0) is 35.4 Å². The normalized spacial score (nSPS) is 14.9. The second kappa shape index (κ2) is 6.81. The van der Waals surface area contributed by atoms with Crippen molar-refractivity contribution >= 4 is 28.6 Å². The number of nitrogens with zero attached hydrogens (tertiary/aromatic N) is 1. The van der Waals surface area contributed by atoms with Gasteiger partial charge in [0.25, 0.3) is 0 Å². The lowest BCUT2D eigenvalue weighted by Gasteiger charge is -2.35. The zero-order valence-corrected chi connectivity index (χ0v) is 16.1. The van der Waals surface area contributed by atoms with Gasteiger partial charge < -0.3 is 9.67 Å². The lowest BCUT2D eigenvalue weighted by Crippen LogP contribution is -2.29. The molecule has 0 radical (unpaired) electrons. The molecule has 0 saturated carbocycles. The maximum atomic E-state index is 14.9. The van der Waals surface area contributed by atoms with Crippen molar-refractivity contribution in [3.8, 4) is 11.1 Å². The summed E-state index contributed by atoms with van der Waals surface area (Å²) in [6.45, 7) is 0. The highest BCUT2D eigenvalue weighted by Crippen LogP contribution is 2.50. The molecule has 2 heterocycles. The highest BCUT2D eigenvalue weighted by atomic mass is 32.2. The lowest BCUT2D eigenvalue weighted by atomic mass is 10.0. The zero-order valence-electron chi connectivity index (χ0n) is 15.3. The molecule has 0 aliphatic carbocycles. The predicted molar refractivity (Wildman–Crippen MR) is 111 cm³/mol. The van der Waals surface area contributed by atoms with Crippen LogP contribution >= 0.6 is 11.8 Å². The number of aromatic carboxylic acids is 1. The summed E-state index contributed by atoms with van der Waals surface area (Å²) in [5.41, 5.74) is 1.06. The van der Waals surface area contributed by atoms with Crippen molar-refractivity contribution in [1.82, 2.24) is 4.57 Å². The number of halogens is 2. The van der Waals surface area contributed by atoms with Crippen molar-refractivity contribution in [2.45, 2.75) is 10.4 Å². The molecule has 0 saturated heterocycles. The van der Waals surface area contributed by atoms with Gasteiger partial charge in [0.1, 0.15) is 22.6 Å². The van der Waals surface area contributed by atoms with Crippen LogP contribution in [0.5, 0.6) is 0 Å². The molecule has 1 unspecified atom stereocenters. The van der Waals surface area contributed by atoms with E-state index in [1.54, 1.807) is 47.0 Å². The number of rotatable bonds is 3. The van der Waals surface area contributed by atoms with E-state index < -0.39 is 17.2 Å². The summed E-state index contributed by atoms with van der Waals surface area (Å²) >= 11 is 1.21. The molecule has 30 heavy (non-hydrogen) atoms. The molecule has 0 bridgehead atoms. The van der Waals surface area contributed by atoms with Gasteiger partial charge in [0.15, 0.2) is 0 Å². The van der Waals surface area contributed by atoms with Gasteiger partial charge in [0, 0.05) is 10.9 Å². The second-order valence-electron chi connectivity index (χ2n) is 6.92. The van der Waals surface area contributed by atoms with Crippen molar-refractivity contribution in [1.29, 1.82) is 0 Å². The van der Waals surface area contributed by atoms with Crippen LogP contribution in [-0.4, -0.2) is 15.6 Å². The minimum Gasteiger partial charge on any atom is -0.477 e. The predicted octanol–water partition coefficient (Wildman–Crippen LogP) is 5.30. The Morgan fingerprint density at radius 2 is 1.70 bits per heavy atom. The Hall–Kier alpha value is -3.45. The number of carbonyl (C=O) groups is 1. The van der Waals surface area contributed by atoms with Gasteiger partial charge in [-0.25, -0.2) is 13.6 Å². The largest absolute Gasteiger partial charge is 0.477 e. The molecule has 0 amide bonds. The molecule has 4 aromatic rings. The van der Waals surface area contributed by atoms with Gasteiger partial charge in [-0.2, -0.15) is 0 Å². The van der Waals surface area contributed by atoms with Gasteiger partial charge in [0.05, 0.1) is 10.5 Å². The van der Waals surface area contributed by atoms with Crippen LogP contribution < -0.4 is 5.43 Å². The van der Waals surface area contributed by atoms with Crippen molar-refractivity contribution in [2.24, 2.45) is 0 Å². The van der Waals surface area contributed by atoms with E-state index in [9.17, 15) is 23.5 Å². The van der Waals surface area contributed by atoms with Gasteiger partial charge in [-0.15, -0.1) is 0 Å². The SMILES string of the molecule is O=C(O)c1c2n(c3cc(-c4ccccc4)c(F)cc3c1=O)C(c1ccc(F)cc1)S2. The van der Waals surface area contributed by atoms with E-state index >= 15 is 0 Å². The van der Waals surface area contributed by atoms with Gasteiger partial charge in [-0.1, -0.05) is 54.2 Å². The molecule has 4 nitrogen and oxygen atoms in total. The molecule has 1 aliphatic heterocycles. The van der Waals surface area contributed by atoms with Gasteiger partial charge in [0.2, 0.25) is 5.43 Å². The van der Waals surface area contributed by atoms with E-state index in [1.807, 2.05) is 6.07 Å². The Balaban J connectivity index is 1.82. The van der Waals surface area contributed by atoms with Gasteiger partial charge >= 0.3 is 5.97 Å². The maximum absolute atomic E-state index is 14.9. The molecule has 0 spiro atoms. The monoisotopic (exact) mass is 421 g/mol. The molecule has 1 aliphatic rings. The Kier molecular flexibility index (Phi) is 4.22. The average molecular weight is 421 g/mol. The summed E-state index contributed by atoms with van der Waals surface area (Å²) in [6, 6.07) is 17.5. The summed E-state index contributed by atoms with van der Waals surface area (Å²) in [5.74, 6) is -2.34. The number of pyridine rings is 1. The molecule has 5 rings (SSSR count). The first-order valence-electron chi connectivity index (χ1n) is 9.08. The summed E-state index contributed by atoms with van der Waals surface area (Å²) < 4.78 is 30.0. The standard InChI is InChI=1S/C23H13F2NO3S/c24-14-8-6-13(7-9-14)21-26-18-11-15(12-4-2-1-3-5-12)17(25)10-16(18)20(27)19(23(28)29)22(26)30-21/h1-11,21H,(H,28,29). The second-order valence-corrected chi connectivity index (χ2v) is 7.99. The van der Waals surface area contributed by atoms with Crippen LogP contribution in [0.25, 0.3) is 22.0 Å². The maximum Gasteiger partial charge on any atom is 0.342 e. The van der Waals surface area contributed by atoms with Crippen LogP contribution in [0, 0.1) is 11.6 Å². The molecule has 1 atom stereocenters. The number of aromatic nitrogens is 1.